The number of esters is 1. The third kappa shape index (κ3) is 17.1. The fourth-order valence-electron chi connectivity index (χ4n) is 10.4. The van der Waals surface area contributed by atoms with Crippen LogP contribution in [0.15, 0.2) is 132 Å². The van der Waals surface area contributed by atoms with Crippen molar-refractivity contribution in [3.05, 3.63) is 190 Å². The molecule has 0 bridgehead atoms. The van der Waals surface area contributed by atoms with Gasteiger partial charge < -0.3 is 29.2 Å². The van der Waals surface area contributed by atoms with E-state index in [1.807, 2.05) is 39.0 Å². The molecule has 0 saturated carbocycles. The molecular weight excluding hydrogens is 1220 g/mol. The van der Waals surface area contributed by atoms with Gasteiger partial charge in [0.25, 0.3) is 20.0 Å². The highest BCUT2D eigenvalue weighted by molar-refractivity contribution is 7.89. The number of fused-ring (bicyclic) bond motifs is 2. The molecule has 0 spiro atoms. The molecule has 25 heteroatoms. The average Bonchev–Trinajstić information content (AvgIpc) is 1.89. The number of pyridine rings is 2. The number of carboxylic acids is 1. The van der Waals surface area contributed by atoms with Gasteiger partial charge >= 0.3 is 11.9 Å². The fraction of sp³-hybridized carbons (Fsp3) is 0.348. The van der Waals surface area contributed by atoms with Crippen molar-refractivity contribution in [1.29, 1.82) is 0 Å². The van der Waals surface area contributed by atoms with E-state index in [1.54, 1.807) is 115 Å². The largest absolute Gasteiger partial charge is 0.497 e. The van der Waals surface area contributed by atoms with Crippen molar-refractivity contribution in [2.75, 3.05) is 27.4 Å². The van der Waals surface area contributed by atoms with E-state index in [4.69, 9.17) is 24.1 Å². The number of carbonyl (C=O) groups is 2. The molecule has 91 heavy (non-hydrogen) atoms. The summed E-state index contributed by atoms with van der Waals surface area (Å²) in [5, 5.41) is 30.3. The lowest BCUT2D eigenvalue weighted by molar-refractivity contribution is -0.154. The monoisotopic (exact) mass is 1290 g/mol. The number of methoxy groups -OCH3 is 2. The number of aryl methyl sites for hydroxylation is 1. The van der Waals surface area contributed by atoms with Crippen LogP contribution in [0.25, 0.3) is 22.3 Å². The number of benzene rings is 4. The van der Waals surface area contributed by atoms with E-state index in [2.05, 4.69) is 32.7 Å². The molecule has 0 saturated heterocycles. The summed E-state index contributed by atoms with van der Waals surface area (Å²) in [7, 11) is -5.53. The molecular formula is C66H74F3N8O12S2+. The van der Waals surface area contributed by atoms with Crippen molar-refractivity contribution >= 4 is 32.0 Å². The summed E-state index contributed by atoms with van der Waals surface area (Å²) < 4.78 is 118. The second kappa shape index (κ2) is 28.3. The highest BCUT2D eigenvalue weighted by Crippen LogP contribution is 2.37. The second-order valence-corrected chi connectivity index (χ2v) is 27.5. The molecule has 20 nitrogen and oxygen atoms in total. The molecule has 4 N–H and O–H groups in total. The summed E-state index contributed by atoms with van der Waals surface area (Å²) in [4.78, 5) is 31.7. The van der Waals surface area contributed by atoms with Crippen molar-refractivity contribution in [2.24, 2.45) is 5.14 Å². The number of hydrogen-bond donors (Lipinski definition) is 3. The number of halogens is 3. The Balaban J connectivity index is 0.000000179. The number of carbonyl (C=O) groups excluding carboxylic acids is 1. The number of sulfonamides is 2. The molecule has 0 fully saturated rings. The highest BCUT2D eigenvalue weighted by Gasteiger charge is 2.35. The molecule has 0 radical (unpaired) electrons. The Bertz CT molecular complexity index is 4100. The zero-order valence-corrected chi connectivity index (χ0v) is 53.7. The highest BCUT2D eigenvalue weighted by atomic mass is 32.2. The Morgan fingerprint density at radius 2 is 1.21 bits per heavy atom. The standard InChI is InChI=1S/C23H25FN4O5S.C23H28FN3O5S.C20H21FNO2/c1-23(2,28-12-19(24)22(27-28)34(25,31)32)13-33-20-10-15(8-9-26-20)17-7-6-14-4-3-5-16(14)18(17)11-21(29)30;1-23(2,16-28)27-15-21(24)22(25-27)33(29,30)26(13-17-5-9-19(31-3)10-6-17)14-18-7-11-20(32-4)12-8-18;1-20(2,3)24-19(23)12-17-15-6-4-5-13(15)7-8-16(17)14-9-10-22-18(21)11-14/h6-10,12H,3-5,11,13H2,1-2H3,(H,29,30)(H2,25,31,32);5-12,15,28H,13-14,16H2,1-4H3;4,7-11H,5-6,12H2,1-3H3/q;;+1. The van der Waals surface area contributed by atoms with Crippen LogP contribution in [0.5, 0.6) is 17.4 Å². The van der Waals surface area contributed by atoms with Crippen LogP contribution in [-0.2, 0) is 97.1 Å². The van der Waals surface area contributed by atoms with Gasteiger partial charge in [-0.15, -0.1) is 0 Å². The number of hydrogen-bond acceptors (Lipinski definition) is 15. The van der Waals surface area contributed by atoms with Crippen molar-refractivity contribution < 1.29 is 68.8 Å². The smallest absolute Gasteiger partial charge is 0.310 e. The lowest BCUT2D eigenvalue weighted by Gasteiger charge is -2.25. The predicted octanol–water partition coefficient (Wildman–Crippen LogP) is 9.89. The summed E-state index contributed by atoms with van der Waals surface area (Å²) >= 11 is 0. The maximum atomic E-state index is 14.8. The molecule has 0 unspecified atom stereocenters. The van der Waals surface area contributed by atoms with E-state index < -0.39 is 70.3 Å². The number of ether oxygens (including phenoxy) is 4. The van der Waals surface area contributed by atoms with Crippen LogP contribution >= 0.6 is 0 Å². The summed E-state index contributed by atoms with van der Waals surface area (Å²) in [6, 6.07) is 28.6. The molecule has 2 aliphatic rings. The first-order valence-electron chi connectivity index (χ1n) is 29.0. The van der Waals surface area contributed by atoms with Gasteiger partial charge in [0.05, 0.1) is 63.6 Å². The predicted molar refractivity (Wildman–Crippen MR) is 333 cm³/mol. The summed E-state index contributed by atoms with van der Waals surface area (Å²) in [5.74, 6) is -2.14. The Morgan fingerprint density at radius 3 is 1.75 bits per heavy atom. The van der Waals surface area contributed by atoms with Gasteiger partial charge in [0, 0.05) is 48.7 Å². The molecule has 0 atom stereocenters. The number of nitrogens with zero attached hydrogens (tertiary/aromatic N) is 7. The molecule has 482 valence electrons. The minimum atomic E-state index is -4.32. The van der Waals surface area contributed by atoms with E-state index in [0.29, 0.717) is 22.6 Å². The van der Waals surface area contributed by atoms with E-state index in [-0.39, 0.29) is 51.0 Å². The first-order valence-corrected chi connectivity index (χ1v) is 32.0. The first-order chi connectivity index (χ1) is 42.9. The molecule has 0 aliphatic heterocycles. The van der Waals surface area contributed by atoms with Gasteiger partial charge in [0.1, 0.15) is 36.5 Å². The number of aliphatic hydroxyl groups excluding tert-OH is 1. The molecule has 8 aromatic rings. The minimum absolute atomic E-state index is 0.000797. The van der Waals surface area contributed by atoms with Gasteiger partial charge in [-0.2, -0.15) is 18.9 Å². The number of carboxylic acid groups (broad SMARTS) is 1. The average molecular weight is 1290 g/mol. The van der Waals surface area contributed by atoms with Gasteiger partial charge in [0.2, 0.25) is 21.9 Å². The van der Waals surface area contributed by atoms with Gasteiger partial charge in [-0.25, -0.2) is 40.7 Å². The maximum absolute atomic E-state index is 14.8. The van der Waals surface area contributed by atoms with Crippen LogP contribution < -0.4 is 19.3 Å². The van der Waals surface area contributed by atoms with Crippen molar-refractivity contribution in [3.8, 4) is 39.6 Å². The molecule has 0 amide bonds. The second-order valence-electron chi connectivity index (χ2n) is 24.1. The van der Waals surface area contributed by atoms with Gasteiger partial charge in [-0.05, 0) is 160 Å². The number of primary sulfonamides is 1. The third-order valence-electron chi connectivity index (χ3n) is 15.2. The van der Waals surface area contributed by atoms with Crippen LogP contribution in [-0.4, -0.2) is 106 Å². The lowest BCUT2D eigenvalue weighted by Crippen LogP contribution is -2.34. The Morgan fingerprint density at radius 1 is 0.670 bits per heavy atom. The van der Waals surface area contributed by atoms with Gasteiger partial charge in [-0.3, -0.25) is 19.0 Å². The van der Waals surface area contributed by atoms with E-state index in [9.17, 15) is 49.8 Å². The number of aliphatic hydroxyl groups is 1. The molecule has 2 aliphatic carbocycles. The van der Waals surface area contributed by atoms with Crippen molar-refractivity contribution in [1.82, 2.24) is 33.8 Å². The molecule has 4 heterocycles. The molecule has 4 aromatic carbocycles. The minimum Gasteiger partial charge on any atom is -0.497 e. The normalized spacial score (nSPS) is 13.0. The summed E-state index contributed by atoms with van der Waals surface area (Å²) in [5.41, 5.74) is 8.60. The van der Waals surface area contributed by atoms with E-state index in [1.165, 1.54) is 23.4 Å². The zero-order valence-electron chi connectivity index (χ0n) is 52.0. The quantitative estimate of drug-likeness (QED) is 0.0343. The third-order valence-corrected chi connectivity index (χ3v) is 17.7. The van der Waals surface area contributed by atoms with Crippen LogP contribution in [0.3, 0.4) is 0 Å². The summed E-state index contributed by atoms with van der Waals surface area (Å²) in [6.07, 6.45) is 11.8. The molecule has 4 aromatic heterocycles. The van der Waals surface area contributed by atoms with E-state index >= 15 is 0 Å². The SMILES string of the molecule is CC(C)(C)OC(=O)Cc1c(-c2ccnc(F)c2)ccc2c1C[CH+]C2.CC(C)(COc1cc(-c2ccc3c(c2CC(=O)O)CCC3)ccn1)n1cc(F)c(S(N)(=O)=O)n1.COc1ccc(CN(Cc2ccc(OC)cc2)S(=O)(=O)c2nn(C(C)(C)CO)cc2F)cc1. The Kier molecular flexibility index (Phi) is 21.2. The number of nitrogens with two attached hydrogens (primary N) is 1. The number of aliphatic carboxylic acids is 1. The topological polar surface area (TPSA) is 270 Å². The van der Waals surface area contributed by atoms with Gasteiger partial charge in [0.15, 0.2) is 11.6 Å². The van der Waals surface area contributed by atoms with E-state index in [0.717, 1.165) is 103 Å². The zero-order chi connectivity index (χ0) is 66.2. The van der Waals surface area contributed by atoms with Crippen molar-refractivity contribution in [3.63, 3.8) is 0 Å². The van der Waals surface area contributed by atoms with Crippen LogP contribution in [0, 0.1) is 24.0 Å². The van der Waals surface area contributed by atoms with Gasteiger partial charge in [-0.1, -0.05) is 48.5 Å². The van der Waals surface area contributed by atoms with Crippen LogP contribution in [0.2, 0.25) is 0 Å². The fourth-order valence-corrected chi connectivity index (χ4v) is 12.3. The maximum Gasteiger partial charge on any atom is 0.310 e. The number of rotatable bonds is 21. The lowest BCUT2D eigenvalue weighted by atomic mass is 9.91. The first kappa shape index (κ1) is 68.3. The Hall–Kier alpha value is -8.62. The number of aromatic nitrogens is 6. The van der Waals surface area contributed by atoms with Crippen LogP contribution in [0.1, 0.15) is 99.4 Å². The van der Waals surface area contributed by atoms with Crippen LogP contribution in [0.4, 0.5) is 13.2 Å². The Labute approximate surface area is 527 Å². The summed E-state index contributed by atoms with van der Waals surface area (Å²) in [6.45, 7) is 11.9. The van der Waals surface area contributed by atoms with Crippen molar-refractivity contribution in [2.45, 2.75) is 133 Å². The molecule has 10 rings (SSSR count).